The van der Waals surface area contributed by atoms with E-state index in [1.54, 1.807) is 7.11 Å². The van der Waals surface area contributed by atoms with Crippen molar-refractivity contribution < 1.29 is 19.1 Å². The van der Waals surface area contributed by atoms with Gasteiger partial charge in [-0.25, -0.2) is 0 Å². The zero-order valence-corrected chi connectivity index (χ0v) is 19.4. The number of ether oxygens (including phenoxy) is 2. The highest BCUT2D eigenvalue weighted by Crippen LogP contribution is 2.10. The molecule has 0 aliphatic heterocycles. The number of esters is 1. The van der Waals surface area contributed by atoms with Crippen molar-refractivity contribution in [2.75, 3.05) is 20.3 Å². The summed E-state index contributed by atoms with van der Waals surface area (Å²) < 4.78 is 10.6. The second kappa shape index (κ2) is 21.6. The number of carbonyl (C=O) groups excluding carboxylic acids is 2. The molecule has 0 aromatic carbocycles. The van der Waals surface area contributed by atoms with E-state index in [0.29, 0.717) is 19.4 Å². The predicted molar refractivity (Wildman–Crippen MR) is 120 cm³/mol. The van der Waals surface area contributed by atoms with Crippen LogP contribution >= 0.6 is 0 Å². The molecular formula is C24H47NO4. The van der Waals surface area contributed by atoms with E-state index in [-0.39, 0.29) is 24.6 Å². The van der Waals surface area contributed by atoms with Crippen molar-refractivity contribution >= 4 is 11.9 Å². The van der Waals surface area contributed by atoms with Crippen LogP contribution in [0.15, 0.2) is 0 Å². The molecule has 0 radical (unpaired) electrons. The van der Waals surface area contributed by atoms with Crippen molar-refractivity contribution in [2.45, 2.75) is 123 Å². The monoisotopic (exact) mass is 413 g/mol. The van der Waals surface area contributed by atoms with Gasteiger partial charge in [0.15, 0.2) is 0 Å². The first kappa shape index (κ1) is 27.9. The van der Waals surface area contributed by atoms with Gasteiger partial charge < -0.3 is 14.8 Å². The first-order valence-corrected chi connectivity index (χ1v) is 12.1. The number of hydrogen-bond donors (Lipinski definition) is 1. The normalized spacial score (nSPS) is 12.0. The van der Waals surface area contributed by atoms with Crippen LogP contribution in [-0.4, -0.2) is 38.2 Å². The van der Waals surface area contributed by atoms with Gasteiger partial charge in [-0.2, -0.15) is 0 Å². The van der Waals surface area contributed by atoms with Crippen LogP contribution in [0.1, 0.15) is 117 Å². The zero-order valence-electron chi connectivity index (χ0n) is 19.4. The summed E-state index contributed by atoms with van der Waals surface area (Å²) in [5.41, 5.74) is 0. The van der Waals surface area contributed by atoms with Crippen LogP contribution in [0, 0.1) is 0 Å². The summed E-state index contributed by atoms with van der Waals surface area (Å²) in [6.07, 6.45) is 17.4. The molecule has 1 N–H and O–H groups in total. The fraction of sp³-hybridized carbons (Fsp3) is 0.917. The Morgan fingerprint density at radius 3 is 1.72 bits per heavy atom. The molecule has 0 rings (SSSR count). The molecule has 0 fully saturated rings. The van der Waals surface area contributed by atoms with Gasteiger partial charge in [-0.3, -0.25) is 9.59 Å². The predicted octanol–water partition coefficient (Wildman–Crippen LogP) is 5.94. The quantitative estimate of drug-likeness (QED) is 0.187. The third-order valence-corrected chi connectivity index (χ3v) is 5.28. The Labute approximate surface area is 179 Å². The first-order chi connectivity index (χ1) is 14.1. The third kappa shape index (κ3) is 20.0. The van der Waals surface area contributed by atoms with E-state index in [0.717, 1.165) is 25.7 Å². The van der Waals surface area contributed by atoms with E-state index in [1.807, 2.05) is 0 Å². The number of rotatable bonds is 21. The lowest BCUT2D eigenvalue weighted by Crippen LogP contribution is -2.36. The summed E-state index contributed by atoms with van der Waals surface area (Å²) in [6.45, 7) is 5.01. The van der Waals surface area contributed by atoms with Gasteiger partial charge in [0, 0.05) is 26.5 Å². The first-order valence-electron chi connectivity index (χ1n) is 12.1. The topological polar surface area (TPSA) is 64.6 Å². The lowest BCUT2D eigenvalue weighted by atomic mass is 10.1. The van der Waals surface area contributed by atoms with E-state index in [9.17, 15) is 9.59 Å². The summed E-state index contributed by atoms with van der Waals surface area (Å²) >= 11 is 0. The molecule has 0 aliphatic rings. The Hall–Kier alpha value is -1.10. The van der Waals surface area contributed by atoms with Gasteiger partial charge in [0.1, 0.15) is 12.7 Å². The van der Waals surface area contributed by atoms with Crippen molar-refractivity contribution in [1.29, 1.82) is 0 Å². The summed E-state index contributed by atoms with van der Waals surface area (Å²) in [5, 5.41) is 2.89. The Bertz CT molecular complexity index is 353. The van der Waals surface area contributed by atoms with Crippen LogP contribution in [0.3, 0.4) is 0 Å². The third-order valence-electron chi connectivity index (χ3n) is 5.28. The average Bonchev–Trinajstić information content (AvgIpc) is 2.72. The maximum absolute atomic E-state index is 11.9. The minimum absolute atomic E-state index is 0.0509. The molecule has 29 heavy (non-hydrogen) atoms. The lowest BCUT2D eigenvalue weighted by Gasteiger charge is -2.16. The summed E-state index contributed by atoms with van der Waals surface area (Å²) in [7, 11) is 1.58. The van der Waals surface area contributed by atoms with Gasteiger partial charge in [0.25, 0.3) is 0 Å². The van der Waals surface area contributed by atoms with Gasteiger partial charge >= 0.3 is 5.97 Å². The lowest BCUT2D eigenvalue weighted by molar-refractivity contribution is -0.147. The van der Waals surface area contributed by atoms with Gasteiger partial charge in [-0.15, -0.1) is 0 Å². The number of unbranched alkanes of at least 4 members (excludes halogenated alkanes) is 12. The molecule has 0 spiro atoms. The molecule has 0 bridgehead atoms. The Balaban J connectivity index is 3.64. The van der Waals surface area contributed by atoms with Gasteiger partial charge in [-0.05, 0) is 12.8 Å². The molecule has 0 aliphatic carbocycles. The molecule has 1 atom stereocenters. The summed E-state index contributed by atoms with van der Waals surface area (Å²) in [6, 6.07) is 0. The summed E-state index contributed by atoms with van der Waals surface area (Å²) in [5.74, 6) is -0.120. The highest BCUT2D eigenvalue weighted by atomic mass is 16.6. The number of amides is 1. The fourth-order valence-electron chi connectivity index (χ4n) is 3.25. The highest BCUT2D eigenvalue weighted by Gasteiger charge is 2.12. The van der Waals surface area contributed by atoms with Crippen molar-refractivity contribution in [3.63, 3.8) is 0 Å². The molecule has 0 saturated heterocycles. The maximum atomic E-state index is 11.9. The Morgan fingerprint density at radius 1 is 0.724 bits per heavy atom. The molecule has 0 heterocycles. The minimum atomic E-state index is -0.286. The van der Waals surface area contributed by atoms with Crippen molar-refractivity contribution in [2.24, 2.45) is 0 Å². The molecule has 0 aromatic heterocycles. The number of nitrogens with one attached hydrogen (secondary N) is 1. The molecular weight excluding hydrogens is 366 g/mol. The van der Waals surface area contributed by atoms with E-state index in [2.05, 4.69) is 19.2 Å². The molecule has 0 saturated carbocycles. The van der Waals surface area contributed by atoms with Crippen molar-refractivity contribution in [3.05, 3.63) is 0 Å². The van der Waals surface area contributed by atoms with Gasteiger partial charge in [0.05, 0.1) is 0 Å². The van der Waals surface area contributed by atoms with Gasteiger partial charge in [-0.1, -0.05) is 90.9 Å². The van der Waals surface area contributed by atoms with E-state index in [1.165, 1.54) is 64.2 Å². The molecule has 172 valence electrons. The second-order valence-corrected chi connectivity index (χ2v) is 8.09. The van der Waals surface area contributed by atoms with Crippen LogP contribution in [0.2, 0.25) is 0 Å². The number of methoxy groups -OCH3 is 1. The zero-order chi connectivity index (χ0) is 21.6. The van der Waals surface area contributed by atoms with E-state index < -0.39 is 0 Å². The SMILES string of the molecule is CCCCCCCCCC(=O)NC[C@H](COC(=O)CCCCCCCCC)OC. The van der Waals surface area contributed by atoms with E-state index >= 15 is 0 Å². The summed E-state index contributed by atoms with van der Waals surface area (Å²) in [4.78, 5) is 23.8. The molecule has 1 amide bonds. The smallest absolute Gasteiger partial charge is 0.305 e. The van der Waals surface area contributed by atoms with Crippen molar-refractivity contribution in [3.8, 4) is 0 Å². The van der Waals surface area contributed by atoms with Crippen LogP contribution in [0.4, 0.5) is 0 Å². The fourth-order valence-corrected chi connectivity index (χ4v) is 3.25. The molecule has 0 aromatic rings. The second-order valence-electron chi connectivity index (χ2n) is 8.09. The Morgan fingerprint density at radius 2 is 1.21 bits per heavy atom. The maximum Gasteiger partial charge on any atom is 0.305 e. The van der Waals surface area contributed by atoms with Crippen LogP contribution in [-0.2, 0) is 19.1 Å². The van der Waals surface area contributed by atoms with Crippen LogP contribution < -0.4 is 5.32 Å². The molecule has 5 heteroatoms. The van der Waals surface area contributed by atoms with E-state index in [4.69, 9.17) is 9.47 Å². The van der Waals surface area contributed by atoms with Crippen molar-refractivity contribution in [1.82, 2.24) is 5.32 Å². The van der Waals surface area contributed by atoms with Gasteiger partial charge in [0.2, 0.25) is 5.91 Å². The number of carbonyl (C=O) groups is 2. The largest absolute Gasteiger partial charge is 0.463 e. The average molecular weight is 414 g/mol. The molecule has 0 unspecified atom stereocenters. The molecule has 5 nitrogen and oxygen atoms in total. The van der Waals surface area contributed by atoms with Crippen LogP contribution in [0.5, 0.6) is 0 Å². The Kier molecular flexibility index (Phi) is 20.8. The standard InChI is InChI=1S/C24H47NO4/c1-4-6-8-10-12-14-16-18-23(26)25-20-22(28-3)21-29-24(27)19-17-15-13-11-9-7-5-2/h22H,4-21H2,1-3H3,(H,25,26)/t22-/m1/s1. The minimum Gasteiger partial charge on any atom is -0.463 e. The van der Waals surface area contributed by atoms with Crippen LogP contribution in [0.25, 0.3) is 0 Å². The number of hydrogen-bond acceptors (Lipinski definition) is 4. The highest BCUT2D eigenvalue weighted by molar-refractivity contribution is 5.75.